The Kier molecular flexibility index (Phi) is 7.92. The molecule has 1 aliphatic rings. The minimum Gasteiger partial charge on any atom is -0.465 e. The Hall–Kier alpha value is -3.21. The van der Waals surface area contributed by atoms with Crippen molar-refractivity contribution in [2.24, 2.45) is 0 Å². The Morgan fingerprint density at radius 3 is 2.44 bits per heavy atom. The Bertz CT molecular complexity index is 1140. The highest BCUT2D eigenvalue weighted by Gasteiger charge is 2.37. The summed E-state index contributed by atoms with van der Waals surface area (Å²) >= 11 is 6.14. The zero-order valence-corrected chi connectivity index (χ0v) is 20.8. The van der Waals surface area contributed by atoms with E-state index in [1.54, 1.807) is 39.0 Å². The lowest BCUT2D eigenvalue weighted by molar-refractivity contribution is -0.140. The maximum Gasteiger partial charge on any atom is 0.431 e. The average Bonchev–Trinajstić information content (AvgIpc) is 3.45. The normalized spacial score (nSPS) is 16.2. The van der Waals surface area contributed by atoms with Crippen LogP contribution in [0.5, 0.6) is 0 Å². The highest BCUT2D eigenvalue weighted by atomic mass is 35.5. The van der Waals surface area contributed by atoms with Crippen LogP contribution in [0, 0.1) is 0 Å². The van der Waals surface area contributed by atoms with Crippen molar-refractivity contribution in [3.8, 4) is 0 Å². The number of hydrogen-bond donors (Lipinski definition) is 3. The second-order valence-electron chi connectivity index (χ2n) is 9.61. The smallest absolute Gasteiger partial charge is 0.431 e. The maximum absolute atomic E-state index is 13.0. The molecule has 3 rings (SSSR count). The molecule has 0 aliphatic carbocycles. The van der Waals surface area contributed by atoms with Gasteiger partial charge in [-0.2, -0.15) is 13.2 Å². The first kappa shape index (κ1) is 27.4. The predicted molar refractivity (Wildman–Crippen MR) is 126 cm³/mol. The van der Waals surface area contributed by atoms with E-state index < -0.39 is 41.4 Å². The van der Waals surface area contributed by atoms with Gasteiger partial charge in [0, 0.05) is 30.2 Å². The lowest BCUT2D eigenvalue weighted by Crippen LogP contribution is -2.46. The molecule has 3 amide bonds. The molecule has 36 heavy (non-hydrogen) atoms. The third-order valence-corrected chi connectivity index (χ3v) is 6.26. The Morgan fingerprint density at radius 2 is 1.86 bits per heavy atom. The molecule has 0 unspecified atom stereocenters. The lowest BCUT2D eigenvalue weighted by atomic mass is 10.0. The number of aromatic amines is 1. The molecule has 1 aromatic carbocycles. The zero-order valence-electron chi connectivity index (χ0n) is 20.1. The highest BCUT2D eigenvalue weighted by molar-refractivity contribution is 6.30. The number of alkyl halides is 3. The SMILES string of the molecule is CC(C)(C)N(Cc1ccc(Cl)cc1CNC(=O)[C@@H]1CCCN1C(=O)c1ccc(C(F)(F)F)[nH]1)C(=O)O. The van der Waals surface area contributed by atoms with E-state index >= 15 is 0 Å². The van der Waals surface area contributed by atoms with Crippen molar-refractivity contribution < 1.29 is 32.7 Å². The summed E-state index contributed by atoms with van der Waals surface area (Å²) in [6.07, 6.45) is -4.81. The first-order valence-electron chi connectivity index (χ1n) is 11.3. The fraction of sp³-hybridized carbons (Fsp3) is 0.458. The van der Waals surface area contributed by atoms with Gasteiger partial charge in [0.1, 0.15) is 17.4 Å². The van der Waals surface area contributed by atoms with Crippen molar-refractivity contribution >= 4 is 29.5 Å². The number of amides is 3. The van der Waals surface area contributed by atoms with Crippen LogP contribution in [0.4, 0.5) is 18.0 Å². The fourth-order valence-electron chi connectivity index (χ4n) is 4.10. The molecule has 0 radical (unpaired) electrons. The maximum atomic E-state index is 13.0. The quantitative estimate of drug-likeness (QED) is 0.496. The summed E-state index contributed by atoms with van der Waals surface area (Å²) < 4.78 is 38.7. The molecule has 2 heterocycles. The number of H-pyrrole nitrogens is 1. The summed E-state index contributed by atoms with van der Waals surface area (Å²) in [6.45, 7) is 5.65. The summed E-state index contributed by atoms with van der Waals surface area (Å²) in [4.78, 5) is 42.2. The topological polar surface area (TPSA) is 106 Å². The molecule has 0 bridgehead atoms. The number of aromatic nitrogens is 1. The number of carboxylic acid groups (broad SMARTS) is 1. The van der Waals surface area contributed by atoms with Gasteiger partial charge < -0.3 is 20.3 Å². The fourth-order valence-corrected chi connectivity index (χ4v) is 4.29. The first-order valence-corrected chi connectivity index (χ1v) is 11.7. The molecule has 0 saturated carbocycles. The van der Waals surface area contributed by atoms with E-state index in [-0.39, 0.29) is 25.3 Å². The van der Waals surface area contributed by atoms with Crippen LogP contribution in [0.3, 0.4) is 0 Å². The number of carbonyl (C=O) groups is 3. The lowest BCUT2D eigenvalue weighted by Gasteiger charge is -2.33. The van der Waals surface area contributed by atoms with Gasteiger partial charge in [0.2, 0.25) is 5.91 Å². The molecule has 1 fully saturated rings. The third kappa shape index (κ3) is 6.31. The second-order valence-corrected chi connectivity index (χ2v) is 10.0. The molecule has 196 valence electrons. The van der Waals surface area contributed by atoms with Crippen molar-refractivity contribution in [3.05, 3.63) is 57.9 Å². The standard InChI is InChI=1S/C24H28ClF3N4O4/c1-23(2,3)32(22(35)36)13-14-6-7-16(25)11-15(14)12-29-20(33)18-5-4-10-31(18)21(34)17-8-9-19(30-17)24(26,27)28/h6-9,11,18,30H,4-5,10,12-13H2,1-3H3,(H,29,33)(H,35,36)/t18-/m0/s1. The van der Waals surface area contributed by atoms with Crippen LogP contribution in [0.15, 0.2) is 30.3 Å². The van der Waals surface area contributed by atoms with Crippen LogP contribution in [0.2, 0.25) is 5.02 Å². The number of carbonyl (C=O) groups excluding carboxylic acids is 2. The van der Waals surface area contributed by atoms with E-state index in [1.165, 1.54) is 9.80 Å². The minimum absolute atomic E-state index is 0.0333. The van der Waals surface area contributed by atoms with Gasteiger partial charge in [0.05, 0.1) is 0 Å². The van der Waals surface area contributed by atoms with Gasteiger partial charge in [-0.05, 0) is 69.0 Å². The molecule has 8 nitrogen and oxygen atoms in total. The Morgan fingerprint density at radius 1 is 1.17 bits per heavy atom. The van der Waals surface area contributed by atoms with Crippen molar-refractivity contribution in [1.82, 2.24) is 20.1 Å². The van der Waals surface area contributed by atoms with Gasteiger partial charge in [-0.15, -0.1) is 0 Å². The van der Waals surface area contributed by atoms with Crippen molar-refractivity contribution in [3.63, 3.8) is 0 Å². The molecule has 1 saturated heterocycles. The van der Waals surface area contributed by atoms with Crippen LogP contribution in [0.25, 0.3) is 0 Å². The molecular weight excluding hydrogens is 501 g/mol. The Balaban J connectivity index is 1.73. The minimum atomic E-state index is -4.61. The second kappa shape index (κ2) is 10.4. The van der Waals surface area contributed by atoms with Crippen molar-refractivity contribution in [2.45, 2.75) is 64.5 Å². The van der Waals surface area contributed by atoms with E-state index in [0.29, 0.717) is 29.0 Å². The summed E-state index contributed by atoms with van der Waals surface area (Å²) in [7, 11) is 0. The van der Waals surface area contributed by atoms with Crippen LogP contribution < -0.4 is 5.32 Å². The molecule has 0 spiro atoms. The molecule has 1 atom stereocenters. The highest BCUT2D eigenvalue weighted by Crippen LogP contribution is 2.29. The summed E-state index contributed by atoms with van der Waals surface area (Å²) in [6, 6.07) is 5.96. The molecular formula is C24H28ClF3N4O4. The van der Waals surface area contributed by atoms with Crippen molar-refractivity contribution in [1.29, 1.82) is 0 Å². The zero-order chi connectivity index (χ0) is 26.8. The van der Waals surface area contributed by atoms with Gasteiger partial charge in [-0.1, -0.05) is 17.7 Å². The van der Waals surface area contributed by atoms with Crippen molar-refractivity contribution in [2.75, 3.05) is 6.54 Å². The average molecular weight is 529 g/mol. The van der Waals surface area contributed by atoms with Gasteiger partial charge in [0.15, 0.2) is 0 Å². The number of halogens is 4. The monoisotopic (exact) mass is 528 g/mol. The number of hydrogen-bond acceptors (Lipinski definition) is 3. The summed E-state index contributed by atoms with van der Waals surface area (Å²) in [5.41, 5.74) is -0.676. The van der Waals surface area contributed by atoms with Crippen LogP contribution in [-0.2, 0) is 24.1 Å². The molecule has 1 aromatic heterocycles. The number of benzene rings is 1. The molecule has 2 aromatic rings. The van der Waals surface area contributed by atoms with Gasteiger partial charge in [0.25, 0.3) is 5.91 Å². The number of rotatable bonds is 6. The van der Waals surface area contributed by atoms with E-state index in [2.05, 4.69) is 10.3 Å². The molecule has 1 aliphatic heterocycles. The third-order valence-electron chi connectivity index (χ3n) is 6.03. The molecule has 3 N–H and O–H groups in total. The summed E-state index contributed by atoms with van der Waals surface area (Å²) in [5, 5.41) is 12.8. The number of likely N-dealkylation sites (tertiary alicyclic amines) is 1. The van der Waals surface area contributed by atoms with E-state index in [9.17, 15) is 32.7 Å². The largest absolute Gasteiger partial charge is 0.465 e. The molecule has 12 heteroatoms. The number of nitrogens with zero attached hydrogens (tertiary/aromatic N) is 2. The van der Waals surface area contributed by atoms with E-state index in [0.717, 1.165) is 12.1 Å². The number of nitrogens with one attached hydrogen (secondary N) is 2. The van der Waals surface area contributed by atoms with Gasteiger partial charge in [-0.25, -0.2) is 4.79 Å². The van der Waals surface area contributed by atoms with Crippen LogP contribution in [0.1, 0.15) is 60.9 Å². The van der Waals surface area contributed by atoms with Gasteiger partial charge >= 0.3 is 12.3 Å². The van der Waals surface area contributed by atoms with E-state index in [4.69, 9.17) is 11.6 Å². The Labute approximate surface area is 211 Å². The van der Waals surface area contributed by atoms with Crippen LogP contribution >= 0.6 is 11.6 Å². The van der Waals surface area contributed by atoms with E-state index in [1.807, 2.05) is 0 Å². The van der Waals surface area contributed by atoms with Gasteiger partial charge in [-0.3, -0.25) is 14.5 Å². The van der Waals surface area contributed by atoms with Crippen LogP contribution in [-0.4, -0.2) is 55.9 Å². The summed E-state index contributed by atoms with van der Waals surface area (Å²) in [5.74, 6) is -1.14. The first-order chi connectivity index (χ1) is 16.7. The predicted octanol–water partition coefficient (Wildman–Crippen LogP) is 4.89.